The van der Waals surface area contributed by atoms with Crippen LogP contribution in [0.5, 0.6) is 0 Å². The van der Waals surface area contributed by atoms with Crippen molar-refractivity contribution in [3.05, 3.63) is 36.0 Å². The maximum absolute atomic E-state index is 10.7. The second-order valence-corrected chi connectivity index (χ2v) is 5.44. The van der Waals surface area contributed by atoms with E-state index < -0.39 is 0 Å². The first kappa shape index (κ1) is 13.5. The van der Waals surface area contributed by atoms with Gasteiger partial charge >= 0.3 is 0 Å². The molecule has 0 aromatic heterocycles. The molecule has 0 saturated carbocycles. The predicted molar refractivity (Wildman–Crippen MR) is 82.2 cm³/mol. The average Bonchev–Trinajstić information content (AvgIpc) is 2.29. The van der Waals surface area contributed by atoms with Crippen molar-refractivity contribution in [2.24, 2.45) is 0 Å². The molecule has 1 aliphatic heterocycles. The number of carbonyl (C=O) groups is 1. The van der Waals surface area contributed by atoms with Crippen molar-refractivity contribution in [3.63, 3.8) is 0 Å². The van der Waals surface area contributed by atoms with Gasteiger partial charge in [0, 0.05) is 5.70 Å². The number of anilines is 2. The summed E-state index contributed by atoms with van der Waals surface area (Å²) in [6.45, 7) is 6.14. The van der Waals surface area contributed by atoms with Gasteiger partial charge in [-0.15, -0.1) is 0 Å². The van der Waals surface area contributed by atoms with Gasteiger partial charge in [-0.1, -0.05) is 12.1 Å². The SMILES string of the molecule is CC1=CC(C)(C)NC(=S)N1c1ccccc1NC=O. The summed E-state index contributed by atoms with van der Waals surface area (Å²) >= 11 is 5.44. The van der Waals surface area contributed by atoms with Crippen LogP contribution in [0.25, 0.3) is 0 Å². The number of hydrogen-bond acceptors (Lipinski definition) is 2. The smallest absolute Gasteiger partial charge is 0.211 e. The lowest BCUT2D eigenvalue weighted by Gasteiger charge is -2.38. The molecule has 0 saturated heterocycles. The van der Waals surface area contributed by atoms with E-state index in [9.17, 15) is 4.79 Å². The Morgan fingerprint density at radius 1 is 1.37 bits per heavy atom. The highest BCUT2D eigenvalue weighted by Gasteiger charge is 2.28. The molecule has 1 heterocycles. The van der Waals surface area contributed by atoms with Crippen LogP contribution in [-0.2, 0) is 4.79 Å². The summed E-state index contributed by atoms with van der Waals surface area (Å²) in [5.41, 5.74) is 2.46. The number of thiocarbonyl (C=S) groups is 1. The molecule has 1 amide bonds. The Balaban J connectivity index is 2.47. The van der Waals surface area contributed by atoms with Gasteiger partial charge in [0.05, 0.1) is 16.9 Å². The lowest BCUT2D eigenvalue weighted by Crippen LogP contribution is -2.53. The van der Waals surface area contributed by atoms with E-state index in [2.05, 4.69) is 30.6 Å². The van der Waals surface area contributed by atoms with Gasteiger partial charge in [0.2, 0.25) is 6.41 Å². The number of allylic oxidation sites excluding steroid dienone is 1. The van der Waals surface area contributed by atoms with E-state index in [0.29, 0.717) is 11.5 Å². The van der Waals surface area contributed by atoms with Gasteiger partial charge in [0.15, 0.2) is 5.11 Å². The van der Waals surface area contributed by atoms with E-state index in [1.54, 1.807) is 0 Å². The zero-order valence-corrected chi connectivity index (χ0v) is 12.0. The molecule has 1 aromatic carbocycles. The van der Waals surface area contributed by atoms with Gasteiger partial charge in [0.25, 0.3) is 0 Å². The molecule has 1 aromatic rings. The quantitative estimate of drug-likeness (QED) is 0.657. The lowest BCUT2D eigenvalue weighted by atomic mass is 10.0. The zero-order valence-electron chi connectivity index (χ0n) is 11.2. The number of para-hydroxylation sites is 2. The first-order valence-corrected chi connectivity index (χ1v) is 6.46. The van der Waals surface area contributed by atoms with Crippen molar-refractivity contribution >= 4 is 35.1 Å². The molecule has 0 spiro atoms. The number of nitrogens with one attached hydrogen (secondary N) is 2. The number of rotatable bonds is 3. The van der Waals surface area contributed by atoms with Crippen molar-refractivity contribution in [2.75, 3.05) is 10.2 Å². The van der Waals surface area contributed by atoms with Crippen molar-refractivity contribution in [1.82, 2.24) is 5.32 Å². The average molecular weight is 275 g/mol. The van der Waals surface area contributed by atoms with Crippen LogP contribution in [0.2, 0.25) is 0 Å². The molecule has 0 unspecified atom stereocenters. The summed E-state index contributed by atoms with van der Waals surface area (Å²) < 4.78 is 0. The summed E-state index contributed by atoms with van der Waals surface area (Å²) in [6.07, 6.45) is 2.78. The number of nitrogens with zero attached hydrogens (tertiary/aromatic N) is 1. The maximum atomic E-state index is 10.7. The van der Waals surface area contributed by atoms with E-state index in [-0.39, 0.29) is 5.54 Å². The summed E-state index contributed by atoms with van der Waals surface area (Å²) in [4.78, 5) is 12.6. The monoisotopic (exact) mass is 275 g/mol. The van der Waals surface area contributed by atoms with Gasteiger partial charge in [-0.25, -0.2) is 0 Å². The van der Waals surface area contributed by atoms with E-state index in [4.69, 9.17) is 12.2 Å². The summed E-state index contributed by atoms with van der Waals surface area (Å²) in [7, 11) is 0. The lowest BCUT2D eigenvalue weighted by molar-refractivity contribution is -0.105. The Bertz CT molecular complexity index is 551. The molecule has 0 fully saturated rings. The van der Waals surface area contributed by atoms with Crippen LogP contribution >= 0.6 is 12.2 Å². The summed E-state index contributed by atoms with van der Waals surface area (Å²) in [6, 6.07) is 7.56. The Hall–Kier alpha value is -1.88. The fraction of sp³-hybridized carbons (Fsp3) is 0.286. The molecule has 2 N–H and O–H groups in total. The fourth-order valence-corrected chi connectivity index (χ4v) is 2.77. The van der Waals surface area contributed by atoms with Gasteiger partial charge in [-0.2, -0.15) is 0 Å². The Morgan fingerprint density at radius 2 is 2.05 bits per heavy atom. The molecule has 5 heteroatoms. The number of benzene rings is 1. The highest BCUT2D eigenvalue weighted by molar-refractivity contribution is 7.80. The third-order valence-corrected chi connectivity index (χ3v) is 3.20. The minimum Gasteiger partial charge on any atom is -0.354 e. The minimum absolute atomic E-state index is 0.162. The normalized spacial score (nSPS) is 17.5. The fourth-order valence-electron chi connectivity index (χ4n) is 2.27. The number of amides is 1. The molecule has 0 radical (unpaired) electrons. The molecule has 100 valence electrons. The van der Waals surface area contributed by atoms with Crippen molar-refractivity contribution in [1.29, 1.82) is 0 Å². The van der Waals surface area contributed by atoms with Crippen molar-refractivity contribution in [3.8, 4) is 0 Å². The Morgan fingerprint density at radius 3 is 2.68 bits per heavy atom. The number of carbonyl (C=O) groups excluding carboxylic acids is 1. The van der Waals surface area contributed by atoms with Gasteiger partial charge < -0.3 is 10.6 Å². The maximum Gasteiger partial charge on any atom is 0.211 e. The third kappa shape index (κ3) is 2.76. The van der Waals surface area contributed by atoms with Gasteiger partial charge in [0.1, 0.15) is 0 Å². The predicted octanol–water partition coefficient (Wildman–Crippen LogP) is 2.63. The van der Waals surface area contributed by atoms with Crippen LogP contribution in [0.4, 0.5) is 11.4 Å². The van der Waals surface area contributed by atoms with Crippen LogP contribution in [0.1, 0.15) is 20.8 Å². The molecule has 0 aliphatic carbocycles. The molecular formula is C14H17N3OS. The molecule has 0 atom stereocenters. The largest absolute Gasteiger partial charge is 0.354 e. The van der Waals surface area contributed by atoms with Crippen molar-refractivity contribution < 1.29 is 4.79 Å². The highest BCUT2D eigenvalue weighted by Crippen LogP contribution is 2.31. The van der Waals surface area contributed by atoms with Gasteiger partial charge in [-0.3, -0.25) is 9.69 Å². The van der Waals surface area contributed by atoms with E-state index in [1.807, 2.05) is 36.1 Å². The van der Waals surface area contributed by atoms with E-state index >= 15 is 0 Å². The zero-order chi connectivity index (χ0) is 14.0. The molecule has 1 aliphatic rings. The summed E-state index contributed by atoms with van der Waals surface area (Å²) in [5.74, 6) is 0. The van der Waals surface area contributed by atoms with Crippen LogP contribution in [0.3, 0.4) is 0 Å². The van der Waals surface area contributed by atoms with E-state index in [0.717, 1.165) is 17.1 Å². The van der Waals surface area contributed by atoms with E-state index in [1.165, 1.54) is 0 Å². The third-order valence-electron chi connectivity index (χ3n) is 2.91. The van der Waals surface area contributed by atoms with Crippen LogP contribution in [0, 0.1) is 0 Å². The molecule has 4 nitrogen and oxygen atoms in total. The summed E-state index contributed by atoms with van der Waals surface area (Å²) in [5, 5.41) is 6.60. The first-order valence-electron chi connectivity index (χ1n) is 6.05. The Kier molecular flexibility index (Phi) is 3.57. The van der Waals surface area contributed by atoms with Crippen LogP contribution in [0.15, 0.2) is 36.0 Å². The Labute approximate surface area is 118 Å². The molecule has 0 bridgehead atoms. The molecule has 19 heavy (non-hydrogen) atoms. The molecular weight excluding hydrogens is 258 g/mol. The number of hydrogen-bond donors (Lipinski definition) is 2. The molecule has 2 rings (SSSR count). The highest BCUT2D eigenvalue weighted by atomic mass is 32.1. The second-order valence-electron chi connectivity index (χ2n) is 5.05. The van der Waals surface area contributed by atoms with Crippen molar-refractivity contribution in [2.45, 2.75) is 26.3 Å². The van der Waals surface area contributed by atoms with Gasteiger partial charge in [-0.05, 0) is 51.2 Å². The topological polar surface area (TPSA) is 44.4 Å². The standard InChI is InChI=1S/C14H17N3OS/c1-10-8-14(2,3)16-13(19)17(10)12-7-5-4-6-11(12)15-9-18/h4-9H,1-3H3,(H,15,18)(H,16,19). The van der Waals surface area contributed by atoms with Crippen LogP contribution < -0.4 is 15.5 Å². The second kappa shape index (κ2) is 5.01. The minimum atomic E-state index is -0.162. The van der Waals surface area contributed by atoms with Crippen LogP contribution in [-0.4, -0.2) is 17.1 Å². The first-order chi connectivity index (χ1) is 8.94.